The van der Waals surface area contributed by atoms with Crippen LogP contribution in [-0.4, -0.2) is 46.8 Å². The minimum Gasteiger partial charge on any atom is -0.444 e. The molecule has 140 valence electrons. The Labute approximate surface area is 152 Å². The number of hydrogen-bond acceptors (Lipinski definition) is 5. The second-order valence-electron chi connectivity index (χ2n) is 7.80. The van der Waals surface area contributed by atoms with Crippen LogP contribution in [0.5, 0.6) is 0 Å². The van der Waals surface area contributed by atoms with E-state index in [1.165, 1.54) is 0 Å². The Kier molecular flexibility index (Phi) is 4.75. The van der Waals surface area contributed by atoms with Gasteiger partial charge in [-0.25, -0.2) is 4.79 Å². The van der Waals surface area contributed by atoms with Gasteiger partial charge in [0.25, 0.3) is 5.69 Å². The third kappa shape index (κ3) is 3.72. The second-order valence-corrected chi connectivity index (χ2v) is 7.80. The lowest BCUT2D eigenvalue weighted by atomic mass is 9.89. The highest BCUT2D eigenvalue weighted by molar-refractivity contribution is 5.75. The predicted octanol–water partition coefficient (Wildman–Crippen LogP) is 3.69. The smallest absolute Gasteiger partial charge is 0.411 e. The number of carbonyl (C=O) groups is 1. The number of hydrogen-bond donors (Lipinski definition) is 0. The Morgan fingerprint density at radius 2 is 2.08 bits per heavy atom. The largest absolute Gasteiger partial charge is 0.444 e. The third-order valence-electron chi connectivity index (χ3n) is 4.58. The number of nitro benzene ring substituents is 1. The standard InChI is InChI=1S/C19H24N2O5/c1-12-5-6-13(9-17(12)21(23)24)14-7-15-10-25-11-16(8-14)20(15)18(22)26-19(2,3)4/h5-7,9,15-16H,8,10-11H2,1-4H3. The lowest BCUT2D eigenvalue weighted by Crippen LogP contribution is -2.57. The lowest BCUT2D eigenvalue weighted by molar-refractivity contribution is -0.385. The van der Waals surface area contributed by atoms with Gasteiger partial charge in [-0.3, -0.25) is 15.0 Å². The summed E-state index contributed by atoms with van der Waals surface area (Å²) < 4.78 is 11.1. The summed E-state index contributed by atoms with van der Waals surface area (Å²) in [7, 11) is 0. The molecule has 2 unspecified atom stereocenters. The number of morpholine rings is 1. The Hall–Kier alpha value is -2.41. The molecule has 2 heterocycles. The topological polar surface area (TPSA) is 81.9 Å². The van der Waals surface area contributed by atoms with Gasteiger partial charge in [-0.1, -0.05) is 18.2 Å². The molecule has 0 saturated carbocycles. The number of nitro groups is 1. The second kappa shape index (κ2) is 6.72. The molecule has 0 radical (unpaired) electrons. The summed E-state index contributed by atoms with van der Waals surface area (Å²) in [5.41, 5.74) is 2.01. The fourth-order valence-electron chi connectivity index (χ4n) is 3.42. The summed E-state index contributed by atoms with van der Waals surface area (Å²) in [5.74, 6) is 0. The van der Waals surface area contributed by atoms with Crippen molar-refractivity contribution in [3.63, 3.8) is 0 Å². The van der Waals surface area contributed by atoms with Gasteiger partial charge in [0.1, 0.15) is 5.60 Å². The maximum absolute atomic E-state index is 12.6. The number of fused-ring (bicyclic) bond motifs is 2. The van der Waals surface area contributed by atoms with Crippen LogP contribution in [0, 0.1) is 17.0 Å². The van der Waals surface area contributed by atoms with Crippen LogP contribution in [0.3, 0.4) is 0 Å². The number of rotatable bonds is 2. The normalized spacial score (nSPS) is 22.6. The van der Waals surface area contributed by atoms with Gasteiger partial charge in [0.05, 0.1) is 30.2 Å². The van der Waals surface area contributed by atoms with E-state index < -0.39 is 5.60 Å². The first-order chi connectivity index (χ1) is 12.2. The van der Waals surface area contributed by atoms with Gasteiger partial charge in [0.15, 0.2) is 0 Å². The lowest BCUT2D eigenvalue weighted by Gasteiger charge is -2.44. The molecular weight excluding hydrogens is 336 g/mol. The van der Waals surface area contributed by atoms with E-state index in [1.54, 1.807) is 24.0 Å². The summed E-state index contributed by atoms with van der Waals surface area (Å²) >= 11 is 0. The van der Waals surface area contributed by atoms with E-state index in [9.17, 15) is 14.9 Å². The van der Waals surface area contributed by atoms with Crippen molar-refractivity contribution in [2.24, 2.45) is 0 Å². The van der Waals surface area contributed by atoms with Crippen LogP contribution in [0.2, 0.25) is 0 Å². The molecule has 3 rings (SSSR count). The molecule has 1 fully saturated rings. The molecule has 1 aromatic carbocycles. The van der Waals surface area contributed by atoms with Crippen molar-refractivity contribution in [2.45, 2.75) is 51.8 Å². The zero-order valence-electron chi connectivity index (χ0n) is 15.5. The molecule has 1 saturated heterocycles. The Bertz CT molecular complexity index is 766. The number of carbonyl (C=O) groups excluding carboxylic acids is 1. The zero-order chi connectivity index (χ0) is 19.1. The number of nitrogens with zero attached hydrogens (tertiary/aromatic N) is 2. The van der Waals surface area contributed by atoms with E-state index >= 15 is 0 Å². The van der Waals surface area contributed by atoms with E-state index in [0.29, 0.717) is 25.2 Å². The maximum atomic E-state index is 12.6. The van der Waals surface area contributed by atoms with Gasteiger partial charge in [-0.15, -0.1) is 0 Å². The molecule has 2 aliphatic heterocycles. The molecule has 2 aliphatic rings. The summed E-state index contributed by atoms with van der Waals surface area (Å²) in [4.78, 5) is 25.2. The molecule has 2 atom stereocenters. The summed E-state index contributed by atoms with van der Waals surface area (Å²) in [6, 6.07) is 4.91. The Morgan fingerprint density at radius 3 is 2.69 bits per heavy atom. The first-order valence-electron chi connectivity index (χ1n) is 8.71. The van der Waals surface area contributed by atoms with Crippen molar-refractivity contribution in [3.8, 4) is 0 Å². The number of benzene rings is 1. The van der Waals surface area contributed by atoms with Gasteiger partial charge in [-0.05, 0) is 45.3 Å². The number of ether oxygens (including phenoxy) is 2. The summed E-state index contributed by atoms with van der Waals surface area (Å²) in [6.07, 6.45) is 2.20. The Morgan fingerprint density at radius 1 is 1.35 bits per heavy atom. The Balaban J connectivity index is 1.90. The van der Waals surface area contributed by atoms with Crippen molar-refractivity contribution >= 4 is 17.4 Å². The molecule has 0 aromatic heterocycles. The van der Waals surface area contributed by atoms with Gasteiger partial charge in [0, 0.05) is 11.6 Å². The van der Waals surface area contributed by atoms with Crippen molar-refractivity contribution in [1.82, 2.24) is 4.90 Å². The minimum absolute atomic E-state index is 0.111. The molecule has 0 N–H and O–H groups in total. The molecule has 26 heavy (non-hydrogen) atoms. The van der Waals surface area contributed by atoms with Crippen LogP contribution >= 0.6 is 0 Å². The molecule has 7 nitrogen and oxygen atoms in total. The van der Waals surface area contributed by atoms with E-state index in [0.717, 1.165) is 11.1 Å². The summed E-state index contributed by atoms with van der Waals surface area (Å²) in [5, 5.41) is 11.2. The van der Waals surface area contributed by atoms with Gasteiger partial charge >= 0.3 is 6.09 Å². The molecular formula is C19H24N2O5. The highest BCUT2D eigenvalue weighted by atomic mass is 16.6. The molecule has 0 aliphatic carbocycles. The molecule has 2 bridgehead atoms. The van der Waals surface area contributed by atoms with Crippen LogP contribution in [-0.2, 0) is 9.47 Å². The van der Waals surface area contributed by atoms with Gasteiger partial charge in [-0.2, -0.15) is 0 Å². The average molecular weight is 360 g/mol. The zero-order valence-corrected chi connectivity index (χ0v) is 15.5. The van der Waals surface area contributed by atoms with E-state index in [1.807, 2.05) is 32.9 Å². The molecule has 7 heteroatoms. The number of aryl methyl sites for hydroxylation is 1. The SMILES string of the molecule is Cc1ccc(C2=CC3COCC(C2)N3C(=O)OC(C)(C)C)cc1[N+](=O)[O-]. The number of amides is 1. The quantitative estimate of drug-likeness (QED) is 0.593. The highest BCUT2D eigenvalue weighted by Gasteiger charge is 2.40. The molecule has 1 amide bonds. The monoisotopic (exact) mass is 360 g/mol. The van der Waals surface area contributed by atoms with Crippen LogP contribution in [0.1, 0.15) is 38.3 Å². The third-order valence-corrected chi connectivity index (χ3v) is 4.58. The fraction of sp³-hybridized carbons (Fsp3) is 0.526. The minimum atomic E-state index is -0.562. The fourth-order valence-corrected chi connectivity index (χ4v) is 3.42. The maximum Gasteiger partial charge on any atom is 0.411 e. The first-order valence-corrected chi connectivity index (χ1v) is 8.71. The van der Waals surface area contributed by atoms with Crippen molar-refractivity contribution in [2.75, 3.05) is 13.2 Å². The van der Waals surface area contributed by atoms with Crippen LogP contribution in [0.15, 0.2) is 24.3 Å². The van der Waals surface area contributed by atoms with Crippen LogP contribution in [0.4, 0.5) is 10.5 Å². The summed E-state index contributed by atoms with van der Waals surface area (Å²) in [6.45, 7) is 8.08. The van der Waals surface area contributed by atoms with E-state index in [4.69, 9.17) is 9.47 Å². The molecule has 1 aromatic rings. The molecule has 0 spiro atoms. The average Bonchev–Trinajstić information content (AvgIpc) is 2.52. The van der Waals surface area contributed by atoms with Gasteiger partial charge < -0.3 is 9.47 Å². The predicted molar refractivity (Wildman–Crippen MR) is 96.9 cm³/mol. The van der Waals surface area contributed by atoms with Crippen molar-refractivity contribution < 1.29 is 19.2 Å². The van der Waals surface area contributed by atoms with Crippen molar-refractivity contribution in [3.05, 3.63) is 45.5 Å². The van der Waals surface area contributed by atoms with E-state index in [-0.39, 0.29) is 28.8 Å². The van der Waals surface area contributed by atoms with Gasteiger partial charge in [0.2, 0.25) is 0 Å². The first kappa shape index (κ1) is 18.4. The highest BCUT2D eigenvalue weighted by Crippen LogP contribution is 2.35. The van der Waals surface area contributed by atoms with Crippen LogP contribution < -0.4 is 0 Å². The van der Waals surface area contributed by atoms with Crippen molar-refractivity contribution in [1.29, 1.82) is 0 Å². The van der Waals surface area contributed by atoms with E-state index in [2.05, 4.69) is 0 Å². The van der Waals surface area contributed by atoms with Crippen LogP contribution in [0.25, 0.3) is 5.57 Å².